The number of aromatic nitrogens is 2. The van der Waals surface area contributed by atoms with Crippen molar-refractivity contribution in [3.05, 3.63) is 78.2 Å². The summed E-state index contributed by atoms with van der Waals surface area (Å²) in [5.74, 6) is -1.06. The minimum absolute atomic E-state index is 0.234. The smallest absolute Gasteiger partial charge is 0.475 e. The Kier molecular flexibility index (Phi) is 6.53. The van der Waals surface area contributed by atoms with Gasteiger partial charge in [-0.15, -0.1) is 0 Å². The molecule has 4 aromatic rings. The first kappa shape index (κ1) is 22.5. The van der Waals surface area contributed by atoms with Gasteiger partial charge in [0, 0.05) is 11.6 Å². The summed E-state index contributed by atoms with van der Waals surface area (Å²) in [6, 6.07) is 18.4. The second-order valence-corrected chi connectivity index (χ2v) is 6.45. The van der Waals surface area contributed by atoms with Crippen LogP contribution in [0.2, 0.25) is 0 Å². The quantitative estimate of drug-likeness (QED) is 0.457. The number of rotatable bonds is 3. The maximum atomic E-state index is 12.8. The number of alkyl halides is 3. The predicted molar refractivity (Wildman–Crippen MR) is 110 cm³/mol. The third-order valence-electron chi connectivity index (χ3n) is 4.10. The first-order chi connectivity index (χ1) is 15.1. The molecule has 10 heteroatoms. The fourth-order valence-electron chi connectivity index (χ4n) is 2.68. The monoisotopic (exact) mass is 443 g/mol. The lowest BCUT2D eigenvalue weighted by atomic mass is 10.1. The van der Waals surface area contributed by atoms with E-state index < -0.39 is 12.1 Å². The topological polar surface area (TPSA) is 105 Å². The molecule has 0 radical (unpaired) electrons. The highest BCUT2D eigenvalue weighted by Gasteiger charge is 2.38. The van der Waals surface area contributed by atoms with Crippen molar-refractivity contribution in [3.63, 3.8) is 0 Å². The van der Waals surface area contributed by atoms with Crippen molar-refractivity contribution in [2.24, 2.45) is 0 Å². The van der Waals surface area contributed by atoms with Crippen molar-refractivity contribution in [1.29, 1.82) is 0 Å². The van der Waals surface area contributed by atoms with Crippen LogP contribution in [0.5, 0.6) is 0 Å². The van der Waals surface area contributed by atoms with Crippen molar-refractivity contribution in [2.75, 3.05) is 5.32 Å². The molecule has 3 aromatic heterocycles. The van der Waals surface area contributed by atoms with E-state index in [1.54, 1.807) is 24.4 Å². The molecule has 1 aromatic carbocycles. The third kappa shape index (κ3) is 5.48. The van der Waals surface area contributed by atoms with Gasteiger partial charge >= 0.3 is 12.1 Å². The summed E-state index contributed by atoms with van der Waals surface area (Å²) in [5.41, 5.74) is 1.89. The first-order valence-electron chi connectivity index (χ1n) is 9.14. The number of hydrogen-bond donors (Lipinski definition) is 2. The molecule has 0 unspecified atom stereocenters. The van der Waals surface area contributed by atoms with Crippen LogP contribution in [0.15, 0.2) is 71.3 Å². The van der Waals surface area contributed by atoms with E-state index in [2.05, 4.69) is 15.3 Å². The van der Waals surface area contributed by atoms with E-state index in [0.717, 1.165) is 16.7 Å². The van der Waals surface area contributed by atoms with Crippen LogP contribution in [0.25, 0.3) is 22.4 Å². The fourth-order valence-corrected chi connectivity index (χ4v) is 2.68. The van der Waals surface area contributed by atoms with Crippen molar-refractivity contribution in [3.8, 4) is 11.5 Å². The van der Waals surface area contributed by atoms with Crippen LogP contribution in [0.1, 0.15) is 16.1 Å². The molecule has 32 heavy (non-hydrogen) atoms. The molecule has 0 aliphatic rings. The van der Waals surface area contributed by atoms with Crippen molar-refractivity contribution in [1.82, 2.24) is 9.97 Å². The molecule has 0 aliphatic heterocycles. The number of hydrogen-bond acceptors (Lipinski definition) is 5. The Balaban J connectivity index is 0.000000360. The molecule has 3 heterocycles. The molecular weight excluding hydrogens is 427 g/mol. The summed E-state index contributed by atoms with van der Waals surface area (Å²) in [5, 5.41) is 10.7. The summed E-state index contributed by atoms with van der Waals surface area (Å²) in [6.45, 7) is 1.87. The first-order valence-corrected chi connectivity index (χ1v) is 9.14. The number of carboxylic acids is 1. The van der Waals surface area contributed by atoms with Gasteiger partial charge in [0.2, 0.25) is 0 Å². The van der Waals surface area contributed by atoms with Crippen LogP contribution in [-0.2, 0) is 4.79 Å². The van der Waals surface area contributed by atoms with Crippen molar-refractivity contribution >= 4 is 28.6 Å². The Labute approximate surface area is 179 Å². The zero-order valence-corrected chi connectivity index (χ0v) is 16.6. The number of carboxylic acid groups (broad SMARTS) is 1. The Morgan fingerprint density at radius 1 is 1.03 bits per heavy atom. The standard InChI is InChI=1S/C20H15N3O2.C2HF3O2/c1-13-9-10-18(25-13)17-12-15(14-6-2-3-7-16(14)22-17)20(24)23-19-8-4-5-11-21-19;3-2(4,5)1(6)7/h2-12H,1H3,(H,21,23,24);(H,6,7). The molecule has 4 rings (SSSR count). The Bertz CT molecular complexity index is 1250. The Morgan fingerprint density at radius 3 is 2.31 bits per heavy atom. The van der Waals surface area contributed by atoms with E-state index in [-0.39, 0.29) is 5.91 Å². The number of pyridine rings is 2. The summed E-state index contributed by atoms with van der Waals surface area (Å²) in [4.78, 5) is 30.5. The van der Waals surface area contributed by atoms with Crippen LogP contribution < -0.4 is 5.32 Å². The predicted octanol–water partition coefficient (Wildman–Crippen LogP) is 5.08. The van der Waals surface area contributed by atoms with Crippen molar-refractivity contribution in [2.45, 2.75) is 13.1 Å². The number of amides is 1. The number of aliphatic carboxylic acids is 1. The summed E-state index contributed by atoms with van der Waals surface area (Å²) in [6.07, 6.45) is -3.45. The van der Waals surface area contributed by atoms with Crippen LogP contribution in [0, 0.1) is 6.92 Å². The zero-order valence-electron chi connectivity index (χ0n) is 16.6. The average molecular weight is 443 g/mol. The lowest BCUT2D eigenvalue weighted by molar-refractivity contribution is -0.192. The molecule has 0 fully saturated rings. The number of fused-ring (bicyclic) bond motifs is 1. The molecule has 0 aliphatic carbocycles. The molecule has 1 amide bonds. The van der Waals surface area contributed by atoms with Gasteiger partial charge in [-0.3, -0.25) is 4.79 Å². The molecule has 0 bridgehead atoms. The number of nitrogens with zero attached hydrogens (tertiary/aromatic N) is 2. The van der Waals surface area contributed by atoms with Gasteiger partial charge in [0.25, 0.3) is 5.91 Å². The molecule has 0 saturated carbocycles. The number of para-hydroxylation sites is 1. The van der Waals surface area contributed by atoms with Gasteiger partial charge in [0.15, 0.2) is 5.76 Å². The second-order valence-electron chi connectivity index (χ2n) is 6.45. The van der Waals surface area contributed by atoms with Crippen LogP contribution >= 0.6 is 0 Å². The molecule has 0 atom stereocenters. The van der Waals surface area contributed by atoms with Crippen LogP contribution in [0.3, 0.4) is 0 Å². The number of benzene rings is 1. The zero-order chi connectivity index (χ0) is 23.3. The van der Waals surface area contributed by atoms with E-state index in [1.807, 2.05) is 49.4 Å². The van der Waals surface area contributed by atoms with Gasteiger partial charge in [-0.05, 0) is 43.3 Å². The molecular formula is C22H16F3N3O4. The summed E-state index contributed by atoms with van der Waals surface area (Å²) < 4.78 is 37.4. The SMILES string of the molecule is Cc1ccc(-c2cc(C(=O)Nc3ccccn3)c3ccccc3n2)o1.O=C(O)C(F)(F)F. The molecule has 0 spiro atoms. The number of carbonyl (C=O) groups excluding carboxylic acids is 1. The van der Waals surface area contributed by atoms with E-state index in [1.165, 1.54) is 0 Å². The lowest BCUT2D eigenvalue weighted by Gasteiger charge is -2.09. The van der Waals surface area contributed by atoms with Crippen LogP contribution in [-0.4, -0.2) is 33.1 Å². The van der Waals surface area contributed by atoms with Gasteiger partial charge in [-0.2, -0.15) is 13.2 Å². The van der Waals surface area contributed by atoms with Gasteiger partial charge < -0.3 is 14.8 Å². The number of nitrogens with one attached hydrogen (secondary N) is 1. The second kappa shape index (κ2) is 9.29. The van der Waals surface area contributed by atoms with Crippen molar-refractivity contribution < 1.29 is 32.3 Å². The van der Waals surface area contributed by atoms with E-state index >= 15 is 0 Å². The van der Waals surface area contributed by atoms with Gasteiger partial charge in [-0.1, -0.05) is 24.3 Å². The van der Waals surface area contributed by atoms with E-state index in [9.17, 15) is 18.0 Å². The number of carbonyl (C=O) groups is 2. The lowest BCUT2D eigenvalue weighted by Crippen LogP contribution is -2.21. The normalized spacial score (nSPS) is 10.9. The highest BCUT2D eigenvalue weighted by Crippen LogP contribution is 2.26. The summed E-state index contributed by atoms with van der Waals surface area (Å²) in [7, 11) is 0. The molecule has 7 nitrogen and oxygen atoms in total. The minimum Gasteiger partial charge on any atom is -0.475 e. The van der Waals surface area contributed by atoms with E-state index in [0.29, 0.717) is 22.8 Å². The van der Waals surface area contributed by atoms with Gasteiger partial charge in [0.05, 0.1) is 11.1 Å². The maximum Gasteiger partial charge on any atom is 0.490 e. The summed E-state index contributed by atoms with van der Waals surface area (Å²) >= 11 is 0. The fraction of sp³-hybridized carbons (Fsp3) is 0.0909. The maximum absolute atomic E-state index is 12.8. The number of aryl methyl sites for hydroxylation is 1. The van der Waals surface area contributed by atoms with Gasteiger partial charge in [-0.25, -0.2) is 14.8 Å². The highest BCUT2D eigenvalue weighted by molar-refractivity contribution is 6.12. The van der Waals surface area contributed by atoms with Gasteiger partial charge in [0.1, 0.15) is 17.3 Å². The Hall–Kier alpha value is -4.21. The number of anilines is 1. The van der Waals surface area contributed by atoms with E-state index in [4.69, 9.17) is 14.3 Å². The molecule has 2 N–H and O–H groups in total. The Morgan fingerprint density at radius 2 is 1.72 bits per heavy atom. The highest BCUT2D eigenvalue weighted by atomic mass is 19.4. The third-order valence-corrected chi connectivity index (χ3v) is 4.10. The minimum atomic E-state index is -5.08. The average Bonchev–Trinajstić information content (AvgIpc) is 3.20. The molecule has 164 valence electrons. The largest absolute Gasteiger partial charge is 0.490 e. The number of halogens is 3. The van der Waals surface area contributed by atoms with Crippen LogP contribution in [0.4, 0.5) is 19.0 Å². The number of furan rings is 1. The molecule has 0 saturated heterocycles.